The maximum absolute atomic E-state index is 5.84. The highest BCUT2D eigenvalue weighted by Gasteiger charge is 2.02. The highest BCUT2D eigenvalue weighted by atomic mass is 79.9. The molecule has 16 heavy (non-hydrogen) atoms. The van der Waals surface area contributed by atoms with E-state index >= 15 is 0 Å². The molecular weight excluding hydrogens is 287 g/mol. The van der Waals surface area contributed by atoms with E-state index in [-0.39, 0.29) is 0 Å². The summed E-state index contributed by atoms with van der Waals surface area (Å²) in [6.45, 7) is 0.528. The molecular formula is C13H9BrClO. The first-order chi connectivity index (χ1) is 7.75. The first kappa shape index (κ1) is 11.5. The van der Waals surface area contributed by atoms with E-state index in [0.717, 1.165) is 15.8 Å². The molecule has 0 bridgehead atoms. The Balaban J connectivity index is 2.08. The Labute approximate surface area is 108 Å². The number of halogens is 2. The van der Waals surface area contributed by atoms with E-state index in [2.05, 4.69) is 22.0 Å². The number of benzene rings is 2. The number of hydrogen-bond donors (Lipinski definition) is 0. The van der Waals surface area contributed by atoms with Crippen molar-refractivity contribution < 1.29 is 4.74 Å². The second kappa shape index (κ2) is 5.37. The summed E-state index contributed by atoms with van der Waals surface area (Å²) < 4.78 is 6.51. The van der Waals surface area contributed by atoms with Gasteiger partial charge in [-0.15, -0.1) is 0 Å². The fraction of sp³-hybridized carbons (Fsp3) is 0.0769. The van der Waals surface area contributed by atoms with E-state index in [4.69, 9.17) is 16.3 Å². The molecule has 0 amide bonds. The zero-order chi connectivity index (χ0) is 11.4. The molecule has 81 valence electrons. The number of rotatable bonds is 3. The molecule has 0 saturated carbocycles. The van der Waals surface area contributed by atoms with E-state index in [9.17, 15) is 0 Å². The molecule has 0 unspecified atom stereocenters. The quantitative estimate of drug-likeness (QED) is 0.811. The summed E-state index contributed by atoms with van der Waals surface area (Å²) in [5, 5.41) is 0.547. The molecule has 1 nitrogen and oxygen atoms in total. The smallest absolute Gasteiger partial charge is 0.135 e. The van der Waals surface area contributed by atoms with Crippen molar-refractivity contribution in [3.8, 4) is 5.75 Å². The average Bonchev–Trinajstić information content (AvgIpc) is 2.32. The maximum atomic E-state index is 5.84. The Morgan fingerprint density at radius 3 is 2.75 bits per heavy atom. The highest BCUT2D eigenvalue weighted by molar-refractivity contribution is 9.10. The largest absolute Gasteiger partial charge is 0.488 e. The Bertz CT molecular complexity index is 471. The monoisotopic (exact) mass is 295 g/mol. The Hall–Kier alpha value is -0.990. The summed E-state index contributed by atoms with van der Waals surface area (Å²) in [6, 6.07) is 16.4. The van der Waals surface area contributed by atoms with Crippen LogP contribution in [0.1, 0.15) is 5.56 Å². The molecule has 0 aromatic heterocycles. The molecule has 0 saturated heterocycles. The molecule has 0 aliphatic heterocycles. The summed E-state index contributed by atoms with van der Waals surface area (Å²) in [5.74, 6) is 0.729. The SMILES string of the molecule is Clc1[c]cc(Br)c(OCc2ccccc2)c1. The second-order valence-electron chi connectivity index (χ2n) is 3.27. The first-order valence-electron chi connectivity index (χ1n) is 4.79. The second-order valence-corrected chi connectivity index (χ2v) is 4.53. The summed E-state index contributed by atoms with van der Waals surface area (Å²) in [7, 11) is 0. The molecule has 3 heteroatoms. The van der Waals surface area contributed by atoms with Crippen molar-refractivity contribution in [2.75, 3.05) is 0 Å². The topological polar surface area (TPSA) is 9.23 Å². The van der Waals surface area contributed by atoms with Gasteiger partial charge in [0.25, 0.3) is 0 Å². The predicted molar refractivity (Wildman–Crippen MR) is 68.8 cm³/mol. The zero-order valence-electron chi connectivity index (χ0n) is 8.41. The van der Waals surface area contributed by atoms with Crippen LogP contribution in [0.4, 0.5) is 0 Å². The van der Waals surface area contributed by atoms with E-state index in [0.29, 0.717) is 11.6 Å². The van der Waals surface area contributed by atoms with Crippen molar-refractivity contribution in [3.63, 3.8) is 0 Å². The van der Waals surface area contributed by atoms with Crippen molar-refractivity contribution in [1.82, 2.24) is 0 Å². The van der Waals surface area contributed by atoms with Crippen LogP contribution in [0.3, 0.4) is 0 Å². The molecule has 0 aliphatic carbocycles. The summed E-state index contributed by atoms with van der Waals surface area (Å²) in [6.07, 6.45) is 0. The van der Waals surface area contributed by atoms with Gasteiger partial charge in [0.2, 0.25) is 0 Å². The van der Waals surface area contributed by atoms with Gasteiger partial charge in [-0.25, -0.2) is 0 Å². The third-order valence-electron chi connectivity index (χ3n) is 2.07. The van der Waals surface area contributed by atoms with E-state index in [1.807, 2.05) is 30.3 Å². The molecule has 1 radical (unpaired) electrons. The Morgan fingerprint density at radius 2 is 2.00 bits per heavy atom. The molecule has 0 spiro atoms. The molecule has 2 aromatic carbocycles. The first-order valence-corrected chi connectivity index (χ1v) is 5.96. The lowest BCUT2D eigenvalue weighted by Gasteiger charge is -2.08. The summed E-state index contributed by atoms with van der Waals surface area (Å²) >= 11 is 9.23. The lowest BCUT2D eigenvalue weighted by Crippen LogP contribution is -1.95. The van der Waals surface area contributed by atoms with Gasteiger partial charge in [-0.1, -0.05) is 41.9 Å². The van der Waals surface area contributed by atoms with Crippen LogP contribution in [0, 0.1) is 6.07 Å². The summed E-state index contributed by atoms with van der Waals surface area (Å²) in [5.41, 5.74) is 1.12. The summed E-state index contributed by atoms with van der Waals surface area (Å²) in [4.78, 5) is 0. The van der Waals surface area contributed by atoms with Crippen LogP contribution in [-0.2, 0) is 6.61 Å². The van der Waals surface area contributed by atoms with E-state index in [1.54, 1.807) is 12.1 Å². The van der Waals surface area contributed by atoms with Crippen LogP contribution >= 0.6 is 27.5 Å². The average molecular weight is 297 g/mol. The van der Waals surface area contributed by atoms with Crippen LogP contribution in [0.2, 0.25) is 5.02 Å². The normalized spacial score (nSPS) is 10.1. The van der Waals surface area contributed by atoms with Crippen molar-refractivity contribution in [1.29, 1.82) is 0 Å². The van der Waals surface area contributed by atoms with Gasteiger partial charge in [-0.2, -0.15) is 0 Å². The van der Waals surface area contributed by atoms with Crippen LogP contribution in [0.5, 0.6) is 5.75 Å². The lowest BCUT2D eigenvalue weighted by molar-refractivity contribution is 0.304. The predicted octanol–water partition coefficient (Wildman–Crippen LogP) is 4.48. The molecule has 0 N–H and O–H groups in total. The third-order valence-corrected chi connectivity index (χ3v) is 2.91. The molecule has 2 aromatic rings. The van der Waals surface area contributed by atoms with Crippen molar-refractivity contribution in [2.45, 2.75) is 6.61 Å². The van der Waals surface area contributed by atoms with Crippen LogP contribution < -0.4 is 4.74 Å². The number of ether oxygens (including phenoxy) is 1. The minimum atomic E-state index is 0.528. The zero-order valence-corrected chi connectivity index (χ0v) is 10.8. The van der Waals surface area contributed by atoms with Crippen molar-refractivity contribution in [2.24, 2.45) is 0 Å². The van der Waals surface area contributed by atoms with Crippen molar-refractivity contribution >= 4 is 27.5 Å². The van der Waals surface area contributed by atoms with Gasteiger partial charge in [-0.05, 0) is 27.6 Å². The van der Waals surface area contributed by atoms with Crippen LogP contribution in [0.15, 0.2) is 46.9 Å². The number of hydrogen-bond acceptors (Lipinski definition) is 1. The molecule has 0 aliphatic rings. The molecule has 0 atom stereocenters. The molecule has 0 fully saturated rings. The maximum Gasteiger partial charge on any atom is 0.135 e. The minimum absolute atomic E-state index is 0.528. The van der Waals surface area contributed by atoms with Gasteiger partial charge in [0.15, 0.2) is 0 Å². The van der Waals surface area contributed by atoms with Gasteiger partial charge in [0, 0.05) is 12.1 Å². The fourth-order valence-corrected chi connectivity index (χ4v) is 1.77. The van der Waals surface area contributed by atoms with E-state index < -0.39 is 0 Å². The van der Waals surface area contributed by atoms with Gasteiger partial charge < -0.3 is 4.74 Å². The Kier molecular flexibility index (Phi) is 3.86. The van der Waals surface area contributed by atoms with Gasteiger partial charge in [0.05, 0.1) is 9.50 Å². The highest BCUT2D eigenvalue weighted by Crippen LogP contribution is 2.28. The van der Waals surface area contributed by atoms with E-state index in [1.165, 1.54) is 0 Å². The minimum Gasteiger partial charge on any atom is -0.488 e. The standard InChI is InChI=1S/C13H9BrClO/c14-12-7-6-11(15)8-13(12)16-9-10-4-2-1-3-5-10/h1-5,7-8H,9H2. The molecule has 2 rings (SSSR count). The van der Waals surface area contributed by atoms with Gasteiger partial charge >= 0.3 is 0 Å². The molecule has 0 heterocycles. The van der Waals surface area contributed by atoms with Crippen LogP contribution in [0.25, 0.3) is 0 Å². The van der Waals surface area contributed by atoms with Crippen LogP contribution in [-0.4, -0.2) is 0 Å². The van der Waals surface area contributed by atoms with Gasteiger partial charge in [-0.3, -0.25) is 0 Å². The van der Waals surface area contributed by atoms with Crippen molar-refractivity contribution in [3.05, 3.63) is 63.6 Å². The lowest BCUT2D eigenvalue weighted by atomic mass is 10.2. The third kappa shape index (κ3) is 3.00. The Morgan fingerprint density at radius 1 is 1.25 bits per heavy atom. The fourth-order valence-electron chi connectivity index (χ4n) is 1.28. The van der Waals surface area contributed by atoms with Gasteiger partial charge in [0.1, 0.15) is 12.4 Å².